The molecule has 1 atom stereocenters. The van der Waals surface area contributed by atoms with Crippen LogP contribution in [0.5, 0.6) is 0 Å². The van der Waals surface area contributed by atoms with Gasteiger partial charge in [0.05, 0.1) is 5.92 Å². The molecule has 1 aliphatic rings. The Labute approximate surface area is 112 Å². The van der Waals surface area contributed by atoms with Crippen molar-refractivity contribution in [1.29, 1.82) is 0 Å². The topological polar surface area (TPSA) is 55.1 Å². The van der Waals surface area contributed by atoms with Gasteiger partial charge in [0.25, 0.3) is 0 Å². The Morgan fingerprint density at radius 1 is 1.28 bits per heavy atom. The van der Waals surface area contributed by atoms with E-state index < -0.39 is 0 Å². The van der Waals surface area contributed by atoms with E-state index in [2.05, 4.69) is 33.0 Å². The van der Waals surface area contributed by atoms with Crippen molar-refractivity contribution in [3.8, 4) is 0 Å². The quantitative estimate of drug-likeness (QED) is 0.810. The van der Waals surface area contributed by atoms with Crippen LogP contribution in [0, 0.1) is 17.3 Å². The van der Waals surface area contributed by atoms with Crippen molar-refractivity contribution in [3.63, 3.8) is 0 Å². The third-order valence-electron chi connectivity index (χ3n) is 3.88. The van der Waals surface area contributed by atoms with Crippen LogP contribution in [-0.2, 0) is 4.79 Å². The molecule has 0 aliphatic heterocycles. The molecule has 18 heavy (non-hydrogen) atoms. The predicted octanol–water partition coefficient (Wildman–Crippen LogP) is 2.69. The van der Waals surface area contributed by atoms with Gasteiger partial charge in [-0.3, -0.25) is 4.79 Å². The largest absolute Gasteiger partial charge is 0.353 e. The minimum Gasteiger partial charge on any atom is -0.353 e. The molecule has 0 aromatic rings. The van der Waals surface area contributed by atoms with Crippen molar-refractivity contribution in [3.05, 3.63) is 0 Å². The molecule has 106 valence electrons. The average molecular weight is 254 g/mol. The Kier molecular flexibility index (Phi) is 5.64. The smallest absolute Gasteiger partial charge is 0.224 e. The van der Waals surface area contributed by atoms with Crippen LogP contribution in [0.3, 0.4) is 0 Å². The molecule has 3 N–H and O–H groups in total. The minimum absolute atomic E-state index is 0.0376. The van der Waals surface area contributed by atoms with Crippen LogP contribution in [0.1, 0.15) is 59.8 Å². The fourth-order valence-electron chi connectivity index (χ4n) is 2.75. The van der Waals surface area contributed by atoms with Crippen LogP contribution >= 0.6 is 0 Å². The molecule has 0 spiro atoms. The maximum Gasteiger partial charge on any atom is 0.224 e. The molecule has 1 amide bonds. The highest BCUT2D eigenvalue weighted by atomic mass is 16.1. The maximum absolute atomic E-state index is 12.2. The van der Waals surface area contributed by atoms with Gasteiger partial charge in [-0.15, -0.1) is 0 Å². The first kappa shape index (κ1) is 15.5. The normalized spacial score (nSPS) is 26.7. The average Bonchev–Trinajstić information content (AvgIpc) is 2.27. The van der Waals surface area contributed by atoms with Gasteiger partial charge >= 0.3 is 0 Å². The standard InChI is InChI=1S/C15H30N2O/c1-11-5-7-13(8-6-11)17-14(18)12(10-16)9-15(2,3)4/h11-13H,5-10,16H2,1-4H3,(H,17,18). The van der Waals surface area contributed by atoms with Gasteiger partial charge in [0.2, 0.25) is 5.91 Å². The lowest BCUT2D eigenvalue weighted by atomic mass is 9.83. The summed E-state index contributed by atoms with van der Waals surface area (Å²) in [6.07, 6.45) is 5.58. The summed E-state index contributed by atoms with van der Waals surface area (Å²) in [7, 11) is 0. The highest BCUT2D eigenvalue weighted by Crippen LogP contribution is 2.26. The third kappa shape index (κ3) is 5.38. The number of amides is 1. The summed E-state index contributed by atoms with van der Waals surface area (Å²) in [5.41, 5.74) is 5.90. The van der Waals surface area contributed by atoms with Gasteiger partial charge in [0.15, 0.2) is 0 Å². The zero-order valence-electron chi connectivity index (χ0n) is 12.5. The molecule has 0 aromatic carbocycles. The molecule has 0 radical (unpaired) electrons. The van der Waals surface area contributed by atoms with E-state index in [0.29, 0.717) is 12.6 Å². The summed E-state index contributed by atoms with van der Waals surface area (Å²) < 4.78 is 0. The Balaban J connectivity index is 2.42. The van der Waals surface area contributed by atoms with E-state index in [1.807, 2.05) is 0 Å². The molecule has 1 unspecified atom stereocenters. The van der Waals surface area contributed by atoms with E-state index in [-0.39, 0.29) is 17.2 Å². The highest BCUT2D eigenvalue weighted by molar-refractivity contribution is 5.79. The Morgan fingerprint density at radius 2 is 1.83 bits per heavy atom. The minimum atomic E-state index is -0.0376. The van der Waals surface area contributed by atoms with E-state index in [0.717, 1.165) is 25.2 Å². The van der Waals surface area contributed by atoms with E-state index in [4.69, 9.17) is 5.73 Å². The number of carbonyl (C=O) groups is 1. The first-order valence-corrected chi connectivity index (χ1v) is 7.32. The second-order valence-electron chi connectivity index (χ2n) is 7.16. The number of nitrogens with one attached hydrogen (secondary N) is 1. The summed E-state index contributed by atoms with van der Waals surface area (Å²) >= 11 is 0. The van der Waals surface area contributed by atoms with Crippen molar-refractivity contribution in [1.82, 2.24) is 5.32 Å². The lowest BCUT2D eigenvalue weighted by Crippen LogP contribution is -2.43. The monoisotopic (exact) mass is 254 g/mol. The fourth-order valence-corrected chi connectivity index (χ4v) is 2.75. The van der Waals surface area contributed by atoms with Crippen LogP contribution in [0.15, 0.2) is 0 Å². The van der Waals surface area contributed by atoms with Crippen molar-refractivity contribution >= 4 is 5.91 Å². The molecule has 1 fully saturated rings. The van der Waals surface area contributed by atoms with Gasteiger partial charge in [-0.25, -0.2) is 0 Å². The van der Waals surface area contributed by atoms with E-state index >= 15 is 0 Å². The SMILES string of the molecule is CC1CCC(NC(=O)C(CN)CC(C)(C)C)CC1. The second-order valence-corrected chi connectivity index (χ2v) is 7.16. The molecular formula is C15H30N2O. The van der Waals surface area contributed by atoms with Gasteiger partial charge in [-0.1, -0.05) is 27.7 Å². The number of carbonyl (C=O) groups excluding carboxylic acids is 1. The molecule has 3 heteroatoms. The number of hydrogen-bond acceptors (Lipinski definition) is 2. The summed E-state index contributed by atoms with van der Waals surface area (Å²) in [5, 5.41) is 3.19. The van der Waals surface area contributed by atoms with Gasteiger partial charge < -0.3 is 11.1 Å². The fraction of sp³-hybridized carbons (Fsp3) is 0.933. The maximum atomic E-state index is 12.2. The van der Waals surface area contributed by atoms with Gasteiger partial charge in [0.1, 0.15) is 0 Å². The molecule has 0 bridgehead atoms. The van der Waals surface area contributed by atoms with Crippen molar-refractivity contribution < 1.29 is 4.79 Å². The molecule has 1 aliphatic carbocycles. The van der Waals surface area contributed by atoms with Crippen LogP contribution in [-0.4, -0.2) is 18.5 Å². The van der Waals surface area contributed by atoms with Crippen LogP contribution in [0.4, 0.5) is 0 Å². The Bertz CT molecular complexity index is 262. The zero-order chi connectivity index (χ0) is 13.8. The predicted molar refractivity (Wildman–Crippen MR) is 76.2 cm³/mol. The third-order valence-corrected chi connectivity index (χ3v) is 3.88. The molecule has 0 heterocycles. The van der Waals surface area contributed by atoms with Crippen LogP contribution in [0.2, 0.25) is 0 Å². The molecule has 1 saturated carbocycles. The lowest BCUT2D eigenvalue weighted by Gasteiger charge is -2.30. The number of hydrogen-bond donors (Lipinski definition) is 2. The second kappa shape index (κ2) is 6.55. The summed E-state index contributed by atoms with van der Waals surface area (Å²) in [6.45, 7) is 9.22. The van der Waals surface area contributed by atoms with Gasteiger partial charge in [-0.2, -0.15) is 0 Å². The van der Waals surface area contributed by atoms with Crippen LogP contribution in [0.25, 0.3) is 0 Å². The number of nitrogens with two attached hydrogens (primary N) is 1. The van der Waals surface area contributed by atoms with Crippen molar-refractivity contribution in [2.24, 2.45) is 23.0 Å². The highest BCUT2D eigenvalue weighted by Gasteiger charge is 2.26. The summed E-state index contributed by atoms with van der Waals surface area (Å²) in [5.74, 6) is 0.939. The molecule has 1 rings (SSSR count). The lowest BCUT2D eigenvalue weighted by molar-refractivity contribution is -0.126. The van der Waals surface area contributed by atoms with Crippen molar-refractivity contribution in [2.45, 2.75) is 65.8 Å². The Morgan fingerprint density at radius 3 is 2.28 bits per heavy atom. The van der Waals surface area contributed by atoms with Gasteiger partial charge in [0, 0.05) is 12.6 Å². The number of rotatable bonds is 4. The van der Waals surface area contributed by atoms with Crippen LogP contribution < -0.4 is 11.1 Å². The molecule has 3 nitrogen and oxygen atoms in total. The Hall–Kier alpha value is -0.570. The van der Waals surface area contributed by atoms with E-state index in [1.54, 1.807) is 0 Å². The van der Waals surface area contributed by atoms with E-state index in [1.165, 1.54) is 12.8 Å². The summed E-state index contributed by atoms with van der Waals surface area (Å²) in [4.78, 5) is 12.2. The summed E-state index contributed by atoms with van der Waals surface area (Å²) in [6, 6.07) is 0.378. The first-order valence-electron chi connectivity index (χ1n) is 7.32. The molecule has 0 aromatic heterocycles. The van der Waals surface area contributed by atoms with Crippen molar-refractivity contribution in [2.75, 3.05) is 6.54 Å². The zero-order valence-corrected chi connectivity index (χ0v) is 12.5. The molecule has 0 saturated heterocycles. The van der Waals surface area contributed by atoms with E-state index in [9.17, 15) is 4.79 Å². The van der Waals surface area contributed by atoms with Gasteiger partial charge in [-0.05, 0) is 43.4 Å². The first-order chi connectivity index (χ1) is 8.31. The molecular weight excluding hydrogens is 224 g/mol.